The van der Waals surface area contributed by atoms with Crippen LogP contribution in [0.4, 0.5) is 0 Å². The third kappa shape index (κ3) is 3.74. The average Bonchev–Trinajstić information content (AvgIpc) is 2.79. The number of aromatic hydroxyl groups is 2. The molecule has 0 spiro atoms. The van der Waals surface area contributed by atoms with E-state index in [9.17, 15) is 10.2 Å². The lowest BCUT2D eigenvalue weighted by Crippen LogP contribution is -1.99. The molecule has 0 aliphatic rings. The lowest BCUT2D eigenvalue weighted by Gasteiger charge is -2.18. The van der Waals surface area contributed by atoms with Gasteiger partial charge in [-0.15, -0.1) is 0 Å². The molecule has 4 nitrogen and oxygen atoms in total. The van der Waals surface area contributed by atoms with Crippen molar-refractivity contribution in [3.63, 3.8) is 0 Å². The molecule has 0 aliphatic carbocycles. The van der Waals surface area contributed by atoms with Crippen LogP contribution in [0, 0.1) is 6.92 Å². The number of hydrogen-bond donors (Lipinski definition) is 2. The van der Waals surface area contributed by atoms with E-state index in [1.54, 1.807) is 0 Å². The Kier molecular flexibility index (Phi) is 5.90. The van der Waals surface area contributed by atoms with E-state index in [0.717, 1.165) is 29.2 Å². The van der Waals surface area contributed by atoms with Crippen LogP contribution >= 0.6 is 0 Å². The minimum Gasteiger partial charge on any atom is -0.507 e. The molecule has 0 heterocycles. The van der Waals surface area contributed by atoms with Crippen LogP contribution in [0.15, 0.2) is 54.6 Å². The quantitative estimate of drug-likeness (QED) is 0.342. The van der Waals surface area contributed by atoms with Crippen LogP contribution in [-0.2, 0) is 0 Å². The Morgan fingerprint density at radius 3 is 1.90 bits per heavy atom. The molecule has 0 atom stereocenters. The van der Waals surface area contributed by atoms with Gasteiger partial charge in [-0.2, -0.15) is 0 Å². The molecular formula is C27H28O4. The monoisotopic (exact) mass is 416 g/mol. The fourth-order valence-electron chi connectivity index (χ4n) is 4.00. The standard InChI is InChI=1S/C27H28O4/c1-4-13-30-23-15-21(26(28)19-11-7-6-10-18(19)23)22-16-24(31-14-5-2)25-17(3)9-8-12-20(25)27(22)29/h6-12,15-16,28-29H,4-5,13-14H2,1-3H3. The summed E-state index contributed by atoms with van der Waals surface area (Å²) >= 11 is 0. The molecule has 31 heavy (non-hydrogen) atoms. The van der Waals surface area contributed by atoms with Crippen LogP contribution in [0.25, 0.3) is 32.7 Å². The van der Waals surface area contributed by atoms with Crippen LogP contribution in [-0.4, -0.2) is 23.4 Å². The summed E-state index contributed by atoms with van der Waals surface area (Å²) in [5.74, 6) is 1.62. The Labute approximate surface area is 182 Å². The number of ether oxygens (including phenoxy) is 2. The highest BCUT2D eigenvalue weighted by molar-refractivity contribution is 6.05. The van der Waals surface area contributed by atoms with Crippen LogP contribution in [0.1, 0.15) is 32.3 Å². The largest absolute Gasteiger partial charge is 0.507 e. The number of aryl methyl sites for hydroxylation is 1. The number of fused-ring (bicyclic) bond motifs is 2. The van der Waals surface area contributed by atoms with E-state index in [0.29, 0.717) is 46.6 Å². The first kappa shape index (κ1) is 20.9. The van der Waals surface area contributed by atoms with Crippen LogP contribution in [0.2, 0.25) is 0 Å². The molecule has 2 N–H and O–H groups in total. The van der Waals surface area contributed by atoms with Crippen molar-refractivity contribution in [3.8, 4) is 34.1 Å². The zero-order chi connectivity index (χ0) is 22.0. The van der Waals surface area contributed by atoms with Gasteiger partial charge < -0.3 is 19.7 Å². The summed E-state index contributed by atoms with van der Waals surface area (Å²) in [5, 5.41) is 25.5. The summed E-state index contributed by atoms with van der Waals surface area (Å²) in [7, 11) is 0. The van der Waals surface area contributed by atoms with Crippen molar-refractivity contribution in [2.75, 3.05) is 13.2 Å². The maximum Gasteiger partial charge on any atom is 0.131 e. The average molecular weight is 417 g/mol. The van der Waals surface area contributed by atoms with E-state index in [1.807, 2.05) is 61.5 Å². The SMILES string of the molecule is CCCOc1cc(-c2cc(OCCC)c3c(C)cccc3c2O)c(O)c2ccccc12. The maximum absolute atomic E-state index is 11.2. The smallest absolute Gasteiger partial charge is 0.131 e. The van der Waals surface area contributed by atoms with E-state index in [-0.39, 0.29) is 11.5 Å². The fourth-order valence-corrected chi connectivity index (χ4v) is 4.00. The first-order chi connectivity index (χ1) is 15.1. The minimum absolute atomic E-state index is 0.114. The summed E-state index contributed by atoms with van der Waals surface area (Å²) in [6, 6.07) is 17.0. The molecule has 4 aromatic carbocycles. The zero-order valence-electron chi connectivity index (χ0n) is 18.2. The predicted molar refractivity (Wildman–Crippen MR) is 127 cm³/mol. The van der Waals surface area contributed by atoms with Gasteiger partial charge in [0, 0.05) is 32.7 Å². The van der Waals surface area contributed by atoms with Gasteiger partial charge in [-0.25, -0.2) is 0 Å². The topological polar surface area (TPSA) is 58.9 Å². The van der Waals surface area contributed by atoms with Gasteiger partial charge >= 0.3 is 0 Å². The van der Waals surface area contributed by atoms with Crippen LogP contribution in [0.3, 0.4) is 0 Å². The molecule has 0 saturated carbocycles. The molecule has 0 fully saturated rings. The maximum atomic E-state index is 11.2. The molecule has 0 saturated heterocycles. The van der Waals surface area contributed by atoms with Crippen LogP contribution in [0.5, 0.6) is 23.0 Å². The van der Waals surface area contributed by atoms with Gasteiger partial charge in [0.25, 0.3) is 0 Å². The number of rotatable bonds is 7. The summed E-state index contributed by atoms with van der Waals surface area (Å²) in [4.78, 5) is 0. The molecule has 0 radical (unpaired) electrons. The van der Waals surface area contributed by atoms with Crippen molar-refractivity contribution in [2.45, 2.75) is 33.6 Å². The fraction of sp³-hybridized carbons (Fsp3) is 0.259. The molecule has 0 unspecified atom stereocenters. The number of phenols is 2. The van der Waals surface area contributed by atoms with Gasteiger partial charge in [0.2, 0.25) is 0 Å². The molecule has 4 aromatic rings. The first-order valence-corrected chi connectivity index (χ1v) is 10.8. The lowest BCUT2D eigenvalue weighted by atomic mass is 9.94. The van der Waals surface area contributed by atoms with Crippen molar-refractivity contribution in [1.82, 2.24) is 0 Å². The predicted octanol–water partition coefficient (Wildman–Crippen LogP) is 6.96. The van der Waals surface area contributed by atoms with Crippen molar-refractivity contribution >= 4 is 21.5 Å². The van der Waals surface area contributed by atoms with Crippen LogP contribution < -0.4 is 9.47 Å². The number of hydrogen-bond acceptors (Lipinski definition) is 4. The summed E-state index contributed by atoms with van der Waals surface area (Å²) < 4.78 is 12.1. The van der Waals surface area contributed by atoms with Gasteiger partial charge in [-0.3, -0.25) is 0 Å². The van der Waals surface area contributed by atoms with Gasteiger partial charge in [-0.05, 0) is 37.5 Å². The summed E-state index contributed by atoms with van der Waals surface area (Å²) in [5.41, 5.74) is 2.07. The van der Waals surface area contributed by atoms with Crippen molar-refractivity contribution in [2.24, 2.45) is 0 Å². The van der Waals surface area contributed by atoms with Crippen molar-refractivity contribution in [3.05, 3.63) is 60.2 Å². The normalized spacial score (nSPS) is 11.2. The lowest BCUT2D eigenvalue weighted by molar-refractivity contribution is 0.320. The Bertz CT molecular complexity index is 1240. The second-order valence-corrected chi connectivity index (χ2v) is 7.78. The number of phenolic OH excluding ortho intramolecular Hbond substituents is 2. The second-order valence-electron chi connectivity index (χ2n) is 7.78. The zero-order valence-corrected chi connectivity index (χ0v) is 18.2. The van der Waals surface area contributed by atoms with E-state index >= 15 is 0 Å². The van der Waals surface area contributed by atoms with Gasteiger partial charge in [0.15, 0.2) is 0 Å². The molecule has 0 bridgehead atoms. The van der Waals surface area contributed by atoms with E-state index in [2.05, 4.69) is 13.8 Å². The molecule has 0 aromatic heterocycles. The van der Waals surface area contributed by atoms with Crippen molar-refractivity contribution in [1.29, 1.82) is 0 Å². The molecule has 0 aliphatic heterocycles. The number of benzene rings is 4. The Balaban J connectivity index is 2.02. The summed E-state index contributed by atoms with van der Waals surface area (Å²) in [6.07, 6.45) is 1.75. The molecule has 0 amide bonds. The minimum atomic E-state index is 0.114. The highest BCUT2D eigenvalue weighted by Gasteiger charge is 2.20. The molecular weight excluding hydrogens is 388 g/mol. The van der Waals surface area contributed by atoms with Gasteiger partial charge in [-0.1, -0.05) is 56.3 Å². The van der Waals surface area contributed by atoms with E-state index in [4.69, 9.17) is 9.47 Å². The molecule has 160 valence electrons. The second kappa shape index (κ2) is 8.76. The van der Waals surface area contributed by atoms with E-state index < -0.39 is 0 Å². The third-order valence-corrected chi connectivity index (χ3v) is 5.50. The molecule has 4 heteroatoms. The Hall–Kier alpha value is -3.40. The third-order valence-electron chi connectivity index (χ3n) is 5.50. The molecule has 4 rings (SSSR count). The Morgan fingerprint density at radius 1 is 0.677 bits per heavy atom. The van der Waals surface area contributed by atoms with Crippen molar-refractivity contribution < 1.29 is 19.7 Å². The Morgan fingerprint density at radius 2 is 1.23 bits per heavy atom. The van der Waals surface area contributed by atoms with Gasteiger partial charge in [0.05, 0.1) is 13.2 Å². The highest BCUT2D eigenvalue weighted by Crippen LogP contribution is 2.48. The summed E-state index contributed by atoms with van der Waals surface area (Å²) in [6.45, 7) is 7.26. The van der Waals surface area contributed by atoms with E-state index in [1.165, 1.54) is 0 Å². The highest BCUT2D eigenvalue weighted by atomic mass is 16.5. The first-order valence-electron chi connectivity index (χ1n) is 10.8. The van der Waals surface area contributed by atoms with Gasteiger partial charge in [0.1, 0.15) is 23.0 Å².